The molecule has 2 aromatic rings. The number of hydrogen-bond acceptors (Lipinski definition) is 5. The van der Waals surface area contributed by atoms with Crippen LogP contribution in [0.1, 0.15) is 67.0 Å². The Balaban J connectivity index is 1.92. The van der Waals surface area contributed by atoms with E-state index in [-0.39, 0.29) is 5.91 Å². The number of nitrogens with zero attached hydrogens (tertiary/aromatic N) is 3. The highest BCUT2D eigenvalue weighted by atomic mass is 16.5. The van der Waals surface area contributed by atoms with Crippen molar-refractivity contribution in [2.45, 2.75) is 46.5 Å². The first-order chi connectivity index (χ1) is 13.4. The molecule has 1 aromatic carbocycles. The Morgan fingerprint density at radius 2 is 1.68 bits per heavy atom. The fourth-order valence-electron chi connectivity index (χ4n) is 3.50. The van der Waals surface area contributed by atoms with Crippen LogP contribution in [0, 0.1) is 6.92 Å². The lowest BCUT2D eigenvalue weighted by Gasteiger charge is -2.28. The van der Waals surface area contributed by atoms with E-state index >= 15 is 0 Å². The summed E-state index contributed by atoms with van der Waals surface area (Å²) in [6, 6.07) is 8.00. The molecule has 0 unspecified atom stereocenters. The van der Waals surface area contributed by atoms with Crippen molar-refractivity contribution in [2.75, 3.05) is 36.5 Å². The number of para-hydroxylation sites is 1. The van der Waals surface area contributed by atoms with E-state index in [1.165, 1.54) is 0 Å². The topological polar surface area (TPSA) is 67.4 Å². The molecule has 1 N–H and O–H groups in total. The molecule has 0 spiro atoms. The first-order valence-corrected chi connectivity index (χ1v) is 9.99. The number of ether oxygens (including phenoxy) is 1. The molecule has 1 aromatic heterocycles. The molecule has 0 bridgehead atoms. The number of nitrogens with one attached hydrogen (secondary N) is 1. The second kappa shape index (κ2) is 8.69. The molecule has 3 rings (SSSR count). The average Bonchev–Trinajstić information content (AvgIpc) is 2.68. The number of anilines is 2. The zero-order valence-electron chi connectivity index (χ0n) is 17.5. The maximum Gasteiger partial charge on any atom is 0.274 e. The zero-order chi connectivity index (χ0) is 20.3. The molecule has 1 aliphatic rings. The molecular formula is C22H30N4O2. The zero-order valence-corrected chi connectivity index (χ0v) is 17.5. The van der Waals surface area contributed by atoms with Gasteiger partial charge in [-0.2, -0.15) is 0 Å². The molecule has 28 heavy (non-hydrogen) atoms. The molecule has 0 radical (unpaired) electrons. The Morgan fingerprint density at radius 1 is 1.07 bits per heavy atom. The lowest BCUT2D eigenvalue weighted by atomic mass is 9.92. The molecule has 6 nitrogen and oxygen atoms in total. The van der Waals surface area contributed by atoms with Crippen LogP contribution in [0.5, 0.6) is 0 Å². The fraction of sp³-hybridized carbons (Fsp3) is 0.500. The van der Waals surface area contributed by atoms with E-state index in [0.29, 0.717) is 36.6 Å². The van der Waals surface area contributed by atoms with Crippen LogP contribution in [0.15, 0.2) is 24.3 Å². The van der Waals surface area contributed by atoms with Gasteiger partial charge in [0.15, 0.2) is 0 Å². The minimum Gasteiger partial charge on any atom is -0.378 e. The van der Waals surface area contributed by atoms with E-state index in [4.69, 9.17) is 4.74 Å². The molecule has 0 saturated carbocycles. The van der Waals surface area contributed by atoms with Crippen molar-refractivity contribution in [3.63, 3.8) is 0 Å². The third-order valence-electron chi connectivity index (χ3n) is 5.00. The number of carbonyl (C=O) groups is 1. The summed E-state index contributed by atoms with van der Waals surface area (Å²) in [5, 5.41) is 3.14. The Hall–Kier alpha value is -2.47. The third-order valence-corrected chi connectivity index (χ3v) is 5.00. The Kier molecular flexibility index (Phi) is 6.29. The highest BCUT2D eigenvalue weighted by molar-refractivity contribution is 6.04. The molecule has 6 heteroatoms. The normalized spacial score (nSPS) is 14.6. The fourth-order valence-corrected chi connectivity index (χ4v) is 3.50. The van der Waals surface area contributed by atoms with Crippen molar-refractivity contribution in [2.24, 2.45) is 0 Å². The first-order valence-electron chi connectivity index (χ1n) is 9.99. The third kappa shape index (κ3) is 4.50. The lowest BCUT2D eigenvalue weighted by molar-refractivity contribution is 0.102. The van der Waals surface area contributed by atoms with Crippen LogP contribution in [0.3, 0.4) is 0 Å². The summed E-state index contributed by atoms with van der Waals surface area (Å²) in [5.74, 6) is 1.79. The summed E-state index contributed by atoms with van der Waals surface area (Å²) in [5.41, 5.74) is 3.57. The monoisotopic (exact) mass is 382 g/mol. The van der Waals surface area contributed by atoms with Crippen LogP contribution < -0.4 is 10.2 Å². The predicted octanol–water partition coefficient (Wildman–Crippen LogP) is 4.12. The van der Waals surface area contributed by atoms with Gasteiger partial charge in [0.1, 0.15) is 17.3 Å². The number of aryl methyl sites for hydroxylation is 1. The van der Waals surface area contributed by atoms with Crippen LogP contribution >= 0.6 is 0 Å². The second-order valence-corrected chi connectivity index (χ2v) is 7.83. The lowest BCUT2D eigenvalue weighted by Crippen LogP contribution is -2.37. The van der Waals surface area contributed by atoms with Crippen molar-refractivity contribution in [3.05, 3.63) is 46.9 Å². The summed E-state index contributed by atoms with van der Waals surface area (Å²) in [6.45, 7) is 13.3. The van der Waals surface area contributed by atoms with Gasteiger partial charge in [-0.1, -0.05) is 45.9 Å². The largest absolute Gasteiger partial charge is 0.378 e. The van der Waals surface area contributed by atoms with Crippen LogP contribution in [0.25, 0.3) is 0 Å². The van der Waals surface area contributed by atoms with Crippen molar-refractivity contribution < 1.29 is 9.53 Å². The molecule has 2 heterocycles. The van der Waals surface area contributed by atoms with Crippen molar-refractivity contribution in [1.82, 2.24) is 9.97 Å². The first kappa shape index (κ1) is 20.3. The minimum atomic E-state index is -0.199. The molecule has 0 aliphatic carbocycles. The highest BCUT2D eigenvalue weighted by Gasteiger charge is 2.20. The molecular weight excluding hydrogens is 352 g/mol. The van der Waals surface area contributed by atoms with Gasteiger partial charge in [0.05, 0.1) is 13.2 Å². The Morgan fingerprint density at radius 3 is 2.25 bits per heavy atom. The summed E-state index contributed by atoms with van der Waals surface area (Å²) in [7, 11) is 0. The Bertz CT molecular complexity index is 816. The van der Waals surface area contributed by atoms with Crippen molar-refractivity contribution in [1.29, 1.82) is 0 Å². The molecule has 1 amide bonds. The number of rotatable bonds is 5. The van der Waals surface area contributed by atoms with Gasteiger partial charge in [0.2, 0.25) is 0 Å². The van der Waals surface area contributed by atoms with E-state index in [1.807, 2.05) is 6.92 Å². The van der Waals surface area contributed by atoms with E-state index in [9.17, 15) is 4.79 Å². The van der Waals surface area contributed by atoms with Gasteiger partial charge < -0.3 is 15.0 Å². The quantitative estimate of drug-likeness (QED) is 0.842. The number of aromatic nitrogens is 2. The predicted molar refractivity (Wildman–Crippen MR) is 112 cm³/mol. The van der Waals surface area contributed by atoms with Crippen molar-refractivity contribution >= 4 is 17.4 Å². The number of benzene rings is 1. The average molecular weight is 383 g/mol. The number of hydrogen-bond donors (Lipinski definition) is 1. The number of carbonyl (C=O) groups excluding carboxylic acids is 1. The van der Waals surface area contributed by atoms with E-state index in [0.717, 1.165) is 35.7 Å². The Labute approximate surface area is 167 Å². The van der Waals surface area contributed by atoms with Gasteiger partial charge in [0.25, 0.3) is 5.91 Å². The maximum absolute atomic E-state index is 13.1. The van der Waals surface area contributed by atoms with E-state index in [1.54, 1.807) is 6.07 Å². The molecule has 0 atom stereocenters. The summed E-state index contributed by atoms with van der Waals surface area (Å²) in [6.07, 6.45) is 0. The van der Waals surface area contributed by atoms with Crippen LogP contribution in [-0.4, -0.2) is 42.2 Å². The molecule has 1 saturated heterocycles. The molecule has 1 aliphatic heterocycles. The van der Waals surface area contributed by atoms with Gasteiger partial charge in [-0.05, 0) is 29.9 Å². The smallest absolute Gasteiger partial charge is 0.274 e. The van der Waals surface area contributed by atoms with Gasteiger partial charge in [-0.15, -0.1) is 0 Å². The van der Waals surface area contributed by atoms with Crippen molar-refractivity contribution in [3.8, 4) is 0 Å². The standard InChI is InChI=1S/C22H30N4O2/c1-14(2)17-7-6-8-18(15(3)4)21(17)25-22(27)19-13-20(24-16(5)23-19)26-9-11-28-12-10-26/h6-8,13-15H,9-12H2,1-5H3,(H,25,27). The van der Waals surface area contributed by atoms with Crippen LogP contribution in [0.4, 0.5) is 11.5 Å². The van der Waals surface area contributed by atoms with Crippen LogP contribution in [-0.2, 0) is 4.74 Å². The minimum absolute atomic E-state index is 0.199. The molecule has 1 fully saturated rings. The summed E-state index contributed by atoms with van der Waals surface area (Å²) < 4.78 is 5.41. The van der Waals surface area contributed by atoms with Gasteiger partial charge in [0, 0.05) is 24.8 Å². The maximum atomic E-state index is 13.1. The summed E-state index contributed by atoms with van der Waals surface area (Å²) in [4.78, 5) is 24.2. The highest BCUT2D eigenvalue weighted by Crippen LogP contribution is 2.32. The van der Waals surface area contributed by atoms with E-state index < -0.39 is 0 Å². The summed E-state index contributed by atoms with van der Waals surface area (Å²) >= 11 is 0. The van der Waals surface area contributed by atoms with Gasteiger partial charge in [-0.25, -0.2) is 9.97 Å². The van der Waals surface area contributed by atoms with Gasteiger partial charge in [-0.3, -0.25) is 4.79 Å². The second-order valence-electron chi connectivity index (χ2n) is 7.83. The van der Waals surface area contributed by atoms with Crippen LogP contribution in [0.2, 0.25) is 0 Å². The number of morpholine rings is 1. The number of amides is 1. The van der Waals surface area contributed by atoms with E-state index in [2.05, 4.69) is 66.1 Å². The SMILES string of the molecule is Cc1nc(C(=O)Nc2c(C(C)C)cccc2C(C)C)cc(N2CCOCC2)n1. The molecule has 150 valence electrons. The van der Waals surface area contributed by atoms with Gasteiger partial charge >= 0.3 is 0 Å².